The van der Waals surface area contributed by atoms with E-state index in [1.807, 2.05) is 13.8 Å². The molecule has 0 aliphatic heterocycles. The maximum absolute atomic E-state index is 14.3. The second kappa shape index (κ2) is 6.12. The minimum Gasteiger partial charge on any atom is -0.293 e. The Morgan fingerprint density at radius 1 is 1.56 bits per heavy atom. The number of allylic oxidation sites excluding steroid dienone is 6. The summed E-state index contributed by atoms with van der Waals surface area (Å²) in [4.78, 5) is 4.21. The van der Waals surface area contributed by atoms with Crippen LogP contribution in [0.2, 0.25) is 0 Å². The number of rotatable bonds is 4. The molecule has 1 atom stereocenters. The molecule has 0 spiro atoms. The molecular weight excluding hydrogens is 225 g/mol. The number of nitrogens with zero attached hydrogens (tertiary/aromatic N) is 1. The molecular formula is C16H24FN. The standard InChI is InChI=1S/C16H24FN/c1-6-18-11-15(16(4,5)17)13(3)14-9-7-8-12(2)10-14/h7-9,11,14H,6,10H2,1-5H3/b15-13-,18-11-. The normalized spacial score (nSPS) is 22.1. The summed E-state index contributed by atoms with van der Waals surface area (Å²) in [5, 5.41) is 0. The Hall–Kier alpha value is -1.18. The average Bonchev–Trinajstić information content (AvgIpc) is 2.27. The van der Waals surface area contributed by atoms with Gasteiger partial charge in [0.25, 0.3) is 0 Å². The second-order valence-corrected chi connectivity index (χ2v) is 5.41. The maximum atomic E-state index is 14.3. The van der Waals surface area contributed by atoms with E-state index < -0.39 is 5.67 Å². The van der Waals surface area contributed by atoms with E-state index in [0.29, 0.717) is 18.0 Å². The lowest BCUT2D eigenvalue weighted by molar-refractivity contribution is 0.275. The third kappa shape index (κ3) is 3.94. The molecule has 1 aliphatic carbocycles. The molecule has 0 radical (unpaired) electrons. The smallest absolute Gasteiger partial charge is 0.131 e. The van der Waals surface area contributed by atoms with Crippen molar-refractivity contribution in [2.75, 3.05) is 6.54 Å². The summed E-state index contributed by atoms with van der Waals surface area (Å²) in [6.07, 6.45) is 9.00. The molecule has 0 aromatic heterocycles. The van der Waals surface area contributed by atoms with E-state index in [2.05, 4.69) is 30.1 Å². The molecule has 1 rings (SSSR count). The Morgan fingerprint density at radius 3 is 2.72 bits per heavy atom. The van der Waals surface area contributed by atoms with Crippen LogP contribution in [0, 0.1) is 5.92 Å². The fourth-order valence-electron chi connectivity index (χ4n) is 2.24. The quantitative estimate of drug-likeness (QED) is 0.642. The number of aliphatic imine (C=N–C) groups is 1. The Labute approximate surface area is 110 Å². The molecule has 2 heteroatoms. The molecule has 1 aliphatic rings. The summed E-state index contributed by atoms with van der Waals surface area (Å²) < 4.78 is 14.3. The summed E-state index contributed by atoms with van der Waals surface area (Å²) >= 11 is 0. The lowest BCUT2D eigenvalue weighted by atomic mass is 9.83. The van der Waals surface area contributed by atoms with E-state index in [0.717, 1.165) is 12.0 Å². The highest BCUT2D eigenvalue weighted by Gasteiger charge is 2.25. The van der Waals surface area contributed by atoms with Gasteiger partial charge >= 0.3 is 0 Å². The van der Waals surface area contributed by atoms with Gasteiger partial charge in [0.05, 0.1) is 0 Å². The first-order valence-electron chi connectivity index (χ1n) is 6.60. The number of hydrogen-bond acceptors (Lipinski definition) is 1. The van der Waals surface area contributed by atoms with Gasteiger partial charge < -0.3 is 0 Å². The van der Waals surface area contributed by atoms with Crippen LogP contribution in [0.1, 0.15) is 41.0 Å². The fourth-order valence-corrected chi connectivity index (χ4v) is 2.24. The molecule has 100 valence electrons. The first-order chi connectivity index (χ1) is 8.36. The van der Waals surface area contributed by atoms with Crippen LogP contribution in [0.3, 0.4) is 0 Å². The lowest BCUT2D eigenvalue weighted by Crippen LogP contribution is -2.21. The minimum absolute atomic E-state index is 0.295. The largest absolute Gasteiger partial charge is 0.293 e. The molecule has 0 amide bonds. The zero-order valence-corrected chi connectivity index (χ0v) is 12.1. The van der Waals surface area contributed by atoms with Gasteiger partial charge in [0.1, 0.15) is 5.67 Å². The van der Waals surface area contributed by atoms with Crippen LogP contribution < -0.4 is 0 Å². The molecule has 0 fully saturated rings. The average molecular weight is 249 g/mol. The van der Waals surface area contributed by atoms with Gasteiger partial charge in [-0.1, -0.05) is 29.4 Å². The lowest BCUT2D eigenvalue weighted by Gasteiger charge is -2.24. The highest BCUT2D eigenvalue weighted by Crippen LogP contribution is 2.31. The van der Waals surface area contributed by atoms with E-state index in [-0.39, 0.29) is 0 Å². The zero-order valence-electron chi connectivity index (χ0n) is 12.1. The van der Waals surface area contributed by atoms with Gasteiger partial charge in [0, 0.05) is 24.3 Å². The first kappa shape index (κ1) is 14.9. The molecule has 0 saturated heterocycles. The summed E-state index contributed by atoms with van der Waals surface area (Å²) in [7, 11) is 0. The van der Waals surface area contributed by atoms with Crippen molar-refractivity contribution >= 4 is 6.21 Å². The first-order valence-corrected chi connectivity index (χ1v) is 6.60. The van der Waals surface area contributed by atoms with Crippen molar-refractivity contribution < 1.29 is 4.39 Å². The van der Waals surface area contributed by atoms with Crippen LogP contribution in [0.25, 0.3) is 0 Å². The number of hydrogen-bond donors (Lipinski definition) is 0. The van der Waals surface area contributed by atoms with Crippen LogP contribution in [0.15, 0.2) is 39.9 Å². The van der Waals surface area contributed by atoms with Crippen molar-refractivity contribution in [3.05, 3.63) is 34.9 Å². The van der Waals surface area contributed by atoms with Gasteiger partial charge in [-0.25, -0.2) is 4.39 Å². The van der Waals surface area contributed by atoms with Gasteiger partial charge in [0.15, 0.2) is 0 Å². The molecule has 0 aromatic rings. The van der Waals surface area contributed by atoms with Crippen LogP contribution in [-0.4, -0.2) is 18.4 Å². The Morgan fingerprint density at radius 2 is 2.22 bits per heavy atom. The number of halogens is 1. The van der Waals surface area contributed by atoms with E-state index in [1.54, 1.807) is 20.1 Å². The van der Waals surface area contributed by atoms with Crippen molar-refractivity contribution in [3.8, 4) is 0 Å². The molecule has 0 aromatic carbocycles. The van der Waals surface area contributed by atoms with E-state index >= 15 is 0 Å². The van der Waals surface area contributed by atoms with E-state index in [4.69, 9.17) is 0 Å². The Bertz CT molecular complexity index is 405. The van der Waals surface area contributed by atoms with Gasteiger partial charge in [-0.3, -0.25) is 4.99 Å². The predicted molar refractivity (Wildman–Crippen MR) is 77.9 cm³/mol. The molecule has 0 saturated carbocycles. The summed E-state index contributed by atoms with van der Waals surface area (Å²) in [6.45, 7) is 9.98. The van der Waals surface area contributed by atoms with E-state index in [1.165, 1.54) is 5.57 Å². The van der Waals surface area contributed by atoms with E-state index in [9.17, 15) is 4.39 Å². The van der Waals surface area contributed by atoms with Gasteiger partial charge in [-0.05, 0) is 41.0 Å². The van der Waals surface area contributed by atoms with Crippen molar-refractivity contribution in [1.29, 1.82) is 0 Å². The van der Waals surface area contributed by atoms with Gasteiger partial charge in [-0.2, -0.15) is 0 Å². The summed E-state index contributed by atoms with van der Waals surface area (Å²) in [5.74, 6) is 0.295. The van der Waals surface area contributed by atoms with Crippen molar-refractivity contribution in [2.24, 2.45) is 10.9 Å². The SMILES string of the molecule is CC/N=C\C(=C(/C)C1C=CC=C(C)C1)C(C)(C)F. The molecule has 1 nitrogen and oxygen atoms in total. The third-order valence-electron chi connectivity index (χ3n) is 3.29. The zero-order chi connectivity index (χ0) is 13.8. The van der Waals surface area contributed by atoms with Crippen LogP contribution in [0.5, 0.6) is 0 Å². The molecule has 18 heavy (non-hydrogen) atoms. The Balaban J connectivity index is 3.08. The predicted octanol–water partition coefficient (Wildman–Crippen LogP) is 4.66. The summed E-state index contributed by atoms with van der Waals surface area (Å²) in [5.41, 5.74) is 1.80. The van der Waals surface area contributed by atoms with Crippen LogP contribution in [-0.2, 0) is 0 Å². The van der Waals surface area contributed by atoms with Crippen molar-refractivity contribution in [3.63, 3.8) is 0 Å². The van der Waals surface area contributed by atoms with Crippen molar-refractivity contribution in [2.45, 2.75) is 46.7 Å². The maximum Gasteiger partial charge on any atom is 0.131 e. The molecule has 0 heterocycles. The second-order valence-electron chi connectivity index (χ2n) is 5.41. The summed E-state index contributed by atoms with van der Waals surface area (Å²) in [6, 6.07) is 0. The minimum atomic E-state index is -1.34. The molecule has 0 bridgehead atoms. The van der Waals surface area contributed by atoms with Gasteiger partial charge in [0.2, 0.25) is 0 Å². The molecule has 0 N–H and O–H groups in total. The van der Waals surface area contributed by atoms with Crippen LogP contribution in [0.4, 0.5) is 4.39 Å². The van der Waals surface area contributed by atoms with Crippen LogP contribution >= 0.6 is 0 Å². The monoisotopic (exact) mass is 249 g/mol. The van der Waals surface area contributed by atoms with Crippen molar-refractivity contribution in [1.82, 2.24) is 0 Å². The fraction of sp³-hybridized carbons (Fsp3) is 0.562. The third-order valence-corrected chi connectivity index (χ3v) is 3.29. The Kier molecular flexibility index (Phi) is 5.06. The molecule has 1 unspecified atom stereocenters. The number of alkyl halides is 1. The van der Waals surface area contributed by atoms with Gasteiger partial charge in [-0.15, -0.1) is 0 Å². The topological polar surface area (TPSA) is 12.4 Å². The highest BCUT2D eigenvalue weighted by atomic mass is 19.1. The highest BCUT2D eigenvalue weighted by molar-refractivity contribution is 5.82.